The molecule has 0 amide bonds. The average molecular weight is 453 g/mol. The topological polar surface area (TPSA) is 60.3 Å². The Labute approximate surface area is 185 Å². The molecule has 1 aliphatic carbocycles. The minimum Gasteiger partial charge on any atom is -0.464 e. The van der Waals surface area contributed by atoms with Gasteiger partial charge in [-0.3, -0.25) is 9.69 Å². The van der Waals surface area contributed by atoms with Crippen LogP contribution in [0.2, 0.25) is 0 Å². The number of carbonyl (C=O) groups is 1. The lowest BCUT2D eigenvalue weighted by atomic mass is 9.78. The molecule has 0 bridgehead atoms. The van der Waals surface area contributed by atoms with E-state index in [9.17, 15) is 13.6 Å². The number of Topliss-reactive ketones (excluding diaryl/α,β-unsaturated/α-hetero) is 1. The normalized spacial score (nSPS) is 21.9. The van der Waals surface area contributed by atoms with Crippen LogP contribution in [0.25, 0.3) is 0 Å². The predicted molar refractivity (Wildman–Crippen MR) is 115 cm³/mol. The van der Waals surface area contributed by atoms with E-state index in [2.05, 4.69) is 14.9 Å². The van der Waals surface area contributed by atoms with Crippen LogP contribution in [-0.2, 0) is 24.3 Å². The Morgan fingerprint density at radius 3 is 2.81 bits per heavy atom. The fraction of sp³-hybridized carbons (Fsp3) is 0.682. The summed E-state index contributed by atoms with van der Waals surface area (Å²) in [7, 11) is 0. The molecule has 0 radical (unpaired) electrons. The molecule has 2 aromatic heterocycles. The second kappa shape index (κ2) is 10.6. The third kappa shape index (κ3) is 6.55. The van der Waals surface area contributed by atoms with E-state index in [1.54, 1.807) is 12.5 Å². The molecule has 1 saturated carbocycles. The fourth-order valence-corrected chi connectivity index (χ4v) is 5.59. The van der Waals surface area contributed by atoms with Crippen LogP contribution in [0, 0.1) is 11.8 Å². The Morgan fingerprint density at radius 2 is 2.06 bits per heavy atom. The maximum atomic E-state index is 12.3. The molecule has 31 heavy (non-hydrogen) atoms. The van der Waals surface area contributed by atoms with Gasteiger partial charge in [-0.05, 0) is 44.1 Å². The van der Waals surface area contributed by atoms with Gasteiger partial charge < -0.3 is 9.30 Å². The summed E-state index contributed by atoms with van der Waals surface area (Å²) in [5, 5.41) is 0.369. The Hall–Kier alpha value is -1.87. The van der Waals surface area contributed by atoms with Gasteiger partial charge in [0.15, 0.2) is 12.4 Å². The molecule has 0 aromatic carbocycles. The van der Waals surface area contributed by atoms with Gasteiger partial charge in [-0.25, -0.2) is 18.7 Å². The Morgan fingerprint density at radius 1 is 1.26 bits per heavy atom. The average Bonchev–Trinajstić information content (AvgIpc) is 3.40. The predicted octanol–water partition coefficient (Wildman–Crippen LogP) is 4.20. The number of hydrogen-bond acceptors (Lipinski definition) is 6. The first-order chi connectivity index (χ1) is 15.0. The van der Waals surface area contributed by atoms with Crippen LogP contribution in [0.5, 0.6) is 5.19 Å². The van der Waals surface area contributed by atoms with Gasteiger partial charge in [0, 0.05) is 36.8 Å². The van der Waals surface area contributed by atoms with Gasteiger partial charge in [-0.2, -0.15) is 0 Å². The van der Waals surface area contributed by atoms with E-state index in [4.69, 9.17) is 4.74 Å². The van der Waals surface area contributed by atoms with Crippen molar-refractivity contribution in [3.05, 3.63) is 29.3 Å². The number of hydrogen-bond donors (Lipinski definition) is 0. The fourth-order valence-electron chi connectivity index (χ4n) is 4.68. The number of fused-ring (bicyclic) bond motifs is 1. The molecule has 1 aliphatic heterocycles. The number of ether oxygens (including phenoxy) is 1. The number of alkyl halides is 2. The number of aromatic nitrogens is 3. The molecule has 1 fully saturated rings. The van der Waals surface area contributed by atoms with E-state index in [-0.39, 0.29) is 0 Å². The molecule has 9 heteroatoms. The van der Waals surface area contributed by atoms with Crippen molar-refractivity contribution in [2.24, 2.45) is 11.8 Å². The molecule has 0 atom stereocenters. The Kier molecular flexibility index (Phi) is 7.66. The molecule has 0 unspecified atom stereocenters. The summed E-state index contributed by atoms with van der Waals surface area (Å²) in [6.07, 6.45) is 10.2. The number of halogens is 2. The molecule has 0 spiro atoms. The first-order valence-electron chi connectivity index (χ1n) is 11.1. The molecule has 170 valence electrons. The van der Waals surface area contributed by atoms with Gasteiger partial charge in [-0.15, -0.1) is 0 Å². The molecular formula is C22H30F2N4O2S. The maximum absolute atomic E-state index is 12.3. The van der Waals surface area contributed by atoms with Gasteiger partial charge >= 0.3 is 0 Å². The van der Waals surface area contributed by atoms with Crippen molar-refractivity contribution in [2.45, 2.75) is 64.5 Å². The zero-order chi connectivity index (χ0) is 21.6. The third-order valence-electron chi connectivity index (χ3n) is 6.37. The van der Waals surface area contributed by atoms with E-state index in [1.807, 2.05) is 10.8 Å². The summed E-state index contributed by atoms with van der Waals surface area (Å²) in [6, 6.07) is 0. The van der Waals surface area contributed by atoms with Crippen molar-refractivity contribution in [2.75, 3.05) is 19.7 Å². The van der Waals surface area contributed by atoms with Crippen molar-refractivity contribution in [3.63, 3.8) is 0 Å². The quantitative estimate of drug-likeness (QED) is 0.541. The van der Waals surface area contributed by atoms with Crippen LogP contribution in [0.3, 0.4) is 0 Å². The van der Waals surface area contributed by atoms with Gasteiger partial charge in [0.2, 0.25) is 0 Å². The van der Waals surface area contributed by atoms with Gasteiger partial charge in [0.25, 0.3) is 11.6 Å². The monoisotopic (exact) mass is 452 g/mol. The van der Waals surface area contributed by atoms with E-state index >= 15 is 0 Å². The molecule has 4 rings (SSSR count). The maximum Gasteiger partial charge on any atom is 0.273 e. The van der Waals surface area contributed by atoms with Crippen molar-refractivity contribution in [1.82, 2.24) is 19.4 Å². The first kappa shape index (κ1) is 22.3. The number of imidazole rings is 1. The number of nitrogens with zero attached hydrogens (tertiary/aromatic N) is 4. The molecule has 2 aliphatic rings. The van der Waals surface area contributed by atoms with Crippen molar-refractivity contribution < 1.29 is 18.3 Å². The standard InChI is InChI=1S/C22H30F2N4O2S/c23-21(24)14-30-22-26-19-13-27(9-6-20(19)31-22)8-5-16-1-3-17(4-2-16)11-18(29)12-28-10-7-25-15-28/h7,10,15-17,21H,1-6,8-9,11-14H2. The van der Waals surface area contributed by atoms with Gasteiger partial charge in [0.05, 0.1) is 18.6 Å². The summed E-state index contributed by atoms with van der Waals surface area (Å²) in [5.74, 6) is 1.54. The lowest BCUT2D eigenvalue weighted by Gasteiger charge is -2.31. The van der Waals surface area contributed by atoms with Crippen LogP contribution in [0.4, 0.5) is 8.78 Å². The molecule has 6 nitrogen and oxygen atoms in total. The highest BCUT2D eigenvalue weighted by atomic mass is 32.1. The second-order valence-corrected chi connectivity index (χ2v) is 9.78. The van der Waals surface area contributed by atoms with Crippen LogP contribution in [0.1, 0.15) is 49.1 Å². The van der Waals surface area contributed by atoms with Crippen molar-refractivity contribution in [1.29, 1.82) is 0 Å². The highest BCUT2D eigenvalue weighted by Crippen LogP contribution is 2.34. The summed E-state index contributed by atoms with van der Waals surface area (Å²) < 4.78 is 31.6. The minimum absolute atomic E-state index is 0.297. The van der Waals surface area contributed by atoms with Crippen molar-refractivity contribution >= 4 is 17.1 Å². The van der Waals surface area contributed by atoms with E-state index in [1.165, 1.54) is 35.5 Å². The largest absolute Gasteiger partial charge is 0.464 e. The summed E-state index contributed by atoms with van der Waals surface area (Å²) >= 11 is 1.41. The summed E-state index contributed by atoms with van der Waals surface area (Å²) in [4.78, 5) is 24.3. The summed E-state index contributed by atoms with van der Waals surface area (Å²) in [6.45, 7) is 2.65. The zero-order valence-corrected chi connectivity index (χ0v) is 18.5. The highest BCUT2D eigenvalue weighted by molar-refractivity contribution is 7.13. The number of carbonyl (C=O) groups excluding carboxylic acids is 1. The smallest absolute Gasteiger partial charge is 0.273 e. The molecular weight excluding hydrogens is 422 g/mol. The SMILES string of the molecule is O=C(CC1CCC(CCN2CCc3sc(OCC(F)F)nc3C2)CC1)Cn1ccnc1. The molecule has 0 N–H and O–H groups in total. The van der Waals surface area contributed by atoms with Crippen molar-refractivity contribution in [3.8, 4) is 5.19 Å². The minimum atomic E-state index is -2.47. The number of thiazole rings is 1. The Balaban J connectivity index is 1.15. The van der Waals surface area contributed by atoms with E-state index in [0.29, 0.717) is 29.9 Å². The van der Waals surface area contributed by atoms with Gasteiger partial charge in [0.1, 0.15) is 0 Å². The highest BCUT2D eigenvalue weighted by Gasteiger charge is 2.25. The third-order valence-corrected chi connectivity index (χ3v) is 7.44. The second-order valence-electron chi connectivity index (χ2n) is 8.73. The summed E-state index contributed by atoms with van der Waals surface area (Å²) in [5.41, 5.74) is 0.987. The van der Waals surface area contributed by atoms with Crippen LogP contribution in [0.15, 0.2) is 18.7 Å². The molecule has 3 heterocycles. The number of ketones is 1. The van der Waals surface area contributed by atoms with Crippen LogP contribution >= 0.6 is 11.3 Å². The van der Waals surface area contributed by atoms with Crippen LogP contribution in [-0.4, -0.2) is 51.3 Å². The molecule has 2 aromatic rings. The van der Waals surface area contributed by atoms with E-state index in [0.717, 1.165) is 50.5 Å². The number of rotatable bonds is 10. The van der Waals surface area contributed by atoms with Gasteiger partial charge in [-0.1, -0.05) is 24.2 Å². The molecule has 0 saturated heterocycles. The Bertz CT molecular complexity index is 835. The lowest BCUT2D eigenvalue weighted by molar-refractivity contribution is -0.120. The lowest BCUT2D eigenvalue weighted by Crippen LogP contribution is -2.32. The van der Waals surface area contributed by atoms with Crippen LogP contribution < -0.4 is 4.74 Å². The first-order valence-corrected chi connectivity index (χ1v) is 12.0. The van der Waals surface area contributed by atoms with E-state index < -0.39 is 13.0 Å². The zero-order valence-electron chi connectivity index (χ0n) is 17.7.